The van der Waals surface area contributed by atoms with Crippen LogP contribution in [0, 0.1) is 17.0 Å². The molecule has 0 bridgehead atoms. The summed E-state index contributed by atoms with van der Waals surface area (Å²) in [6.07, 6.45) is 0.232. The molecule has 0 atom stereocenters. The van der Waals surface area contributed by atoms with E-state index in [1.165, 1.54) is 12.1 Å². The first-order valence-electron chi connectivity index (χ1n) is 8.30. The quantitative estimate of drug-likeness (QED) is 0.424. The molecule has 0 unspecified atom stereocenters. The number of non-ortho nitro benzene ring substituents is 1. The Balaban J connectivity index is 2.66. The van der Waals surface area contributed by atoms with Crippen molar-refractivity contribution in [3.05, 3.63) is 45.1 Å². The van der Waals surface area contributed by atoms with Gasteiger partial charge in [-0.25, -0.2) is 9.78 Å². The van der Waals surface area contributed by atoms with Crippen molar-refractivity contribution in [3.63, 3.8) is 0 Å². The molecular formula is C18H20N2O6. The summed E-state index contributed by atoms with van der Waals surface area (Å²) >= 11 is 0. The molecule has 8 nitrogen and oxygen atoms in total. The van der Waals surface area contributed by atoms with Crippen LogP contribution in [0.2, 0.25) is 0 Å². The lowest BCUT2D eigenvalue weighted by Crippen LogP contribution is -2.14. The molecule has 138 valence electrons. The highest BCUT2D eigenvalue weighted by Gasteiger charge is 2.24. The zero-order valence-corrected chi connectivity index (χ0v) is 14.9. The second kappa shape index (κ2) is 8.37. The summed E-state index contributed by atoms with van der Waals surface area (Å²) in [5.74, 6) is -0.972. The molecule has 0 N–H and O–H groups in total. The number of benzene rings is 1. The van der Waals surface area contributed by atoms with Gasteiger partial charge in [-0.15, -0.1) is 0 Å². The van der Waals surface area contributed by atoms with Crippen LogP contribution in [0.3, 0.4) is 0 Å². The topological polar surface area (TPSA) is 109 Å². The van der Waals surface area contributed by atoms with E-state index in [2.05, 4.69) is 4.98 Å². The van der Waals surface area contributed by atoms with Crippen molar-refractivity contribution in [3.8, 4) is 0 Å². The van der Waals surface area contributed by atoms with Gasteiger partial charge < -0.3 is 9.47 Å². The fourth-order valence-corrected chi connectivity index (χ4v) is 2.81. The van der Waals surface area contributed by atoms with Crippen molar-refractivity contribution in [1.82, 2.24) is 4.98 Å². The Labute approximate surface area is 150 Å². The fraction of sp³-hybridized carbons (Fsp3) is 0.389. The number of carbonyl (C=O) groups is 2. The van der Waals surface area contributed by atoms with Gasteiger partial charge in [0.1, 0.15) is 5.52 Å². The van der Waals surface area contributed by atoms with Crippen LogP contribution in [0.25, 0.3) is 10.9 Å². The van der Waals surface area contributed by atoms with Gasteiger partial charge in [0.2, 0.25) is 0 Å². The van der Waals surface area contributed by atoms with Gasteiger partial charge in [0.05, 0.1) is 29.4 Å². The lowest BCUT2D eigenvalue weighted by atomic mass is 9.96. The van der Waals surface area contributed by atoms with Crippen LogP contribution in [0.15, 0.2) is 18.2 Å². The van der Waals surface area contributed by atoms with Gasteiger partial charge in [-0.3, -0.25) is 14.9 Å². The average Bonchev–Trinajstić information content (AvgIpc) is 2.59. The highest BCUT2D eigenvalue weighted by Crippen LogP contribution is 2.31. The third-order valence-corrected chi connectivity index (χ3v) is 3.84. The number of ether oxygens (including phenoxy) is 2. The Morgan fingerprint density at radius 2 is 1.88 bits per heavy atom. The van der Waals surface area contributed by atoms with Crippen LogP contribution < -0.4 is 0 Å². The molecule has 0 amide bonds. The normalized spacial score (nSPS) is 10.6. The Hall–Kier alpha value is -3.03. The van der Waals surface area contributed by atoms with E-state index in [0.717, 1.165) is 0 Å². The van der Waals surface area contributed by atoms with E-state index in [-0.39, 0.29) is 42.8 Å². The number of hydrogen-bond acceptors (Lipinski definition) is 7. The van der Waals surface area contributed by atoms with E-state index in [9.17, 15) is 19.7 Å². The molecule has 2 aromatic rings. The maximum absolute atomic E-state index is 12.4. The average molecular weight is 360 g/mol. The SMILES string of the molecule is CCOC(=O)CCc1c(C(=O)OCC)c(C)nc2c([N+](=O)[O-])cccc12. The molecule has 0 spiro atoms. The number of nitro benzene ring substituents is 1. The number of fused-ring (bicyclic) bond motifs is 1. The van der Waals surface area contributed by atoms with Crippen molar-refractivity contribution in [1.29, 1.82) is 0 Å². The number of nitrogens with zero attached hydrogens (tertiary/aromatic N) is 2. The molecule has 1 aromatic heterocycles. The van der Waals surface area contributed by atoms with Crippen molar-refractivity contribution < 1.29 is 24.0 Å². The van der Waals surface area contributed by atoms with Crippen LogP contribution in [0.1, 0.15) is 41.9 Å². The zero-order valence-electron chi connectivity index (χ0n) is 14.9. The van der Waals surface area contributed by atoms with Gasteiger partial charge in [-0.05, 0) is 32.8 Å². The van der Waals surface area contributed by atoms with Gasteiger partial charge in [-0.2, -0.15) is 0 Å². The van der Waals surface area contributed by atoms with E-state index >= 15 is 0 Å². The molecule has 0 radical (unpaired) electrons. The zero-order chi connectivity index (χ0) is 19.3. The van der Waals surface area contributed by atoms with Crippen LogP contribution in [0.5, 0.6) is 0 Å². The Bertz CT molecular complexity index is 862. The first kappa shape index (κ1) is 19.3. The Kier molecular flexibility index (Phi) is 6.21. The molecule has 1 aromatic carbocycles. The summed E-state index contributed by atoms with van der Waals surface area (Å²) in [5.41, 5.74) is 1.09. The number of nitro groups is 1. The number of pyridine rings is 1. The summed E-state index contributed by atoms with van der Waals surface area (Å²) in [6, 6.07) is 4.53. The molecule has 2 rings (SSSR count). The van der Waals surface area contributed by atoms with Crippen LogP contribution >= 0.6 is 0 Å². The molecule has 1 heterocycles. The van der Waals surface area contributed by atoms with E-state index in [0.29, 0.717) is 16.6 Å². The predicted molar refractivity (Wildman–Crippen MR) is 94.0 cm³/mol. The monoisotopic (exact) mass is 360 g/mol. The van der Waals surface area contributed by atoms with Crippen molar-refractivity contribution in [2.75, 3.05) is 13.2 Å². The first-order valence-corrected chi connectivity index (χ1v) is 8.30. The summed E-state index contributed by atoms with van der Waals surface area (Å²) in [5, 5.41) is 11.8. The Morgan fingerprint density at radius 3 is 2.50 bits per heavy atom. The van der Waals surface area contributed by atoms with Crippen molar-refractivity contribution in [2.24, 2.45) is 0 Å². The first-order chi connectivity index (χ1) is 12.4. The summed E-state index contributed by atoms with van der Waals surface area (Å²) < 4.78 is 10.0. The number of carbonyl (C=O) groups excluding carboxylic acids is 2. The van der Waals surface area contributed by atoms with Crippen LogP contribution in [-0.2, 0) is 20.7 Å². The van der Waals surface area contributed by atoms with Gasteiger partial charge >= 0.3 is 11.9 Å². The highest BCUT2D eigenvalue weighted by atomic mass is 16.6. The molecule has 26 heavy (non-hydrogen) atoms. The minimum Gasteiger partial charge on any atom is -0.466 e. The number of hydrogen-bond donors (Lipinski definition) is 0. The maximum atomic E-state index is 12.4. The third-order valence-electron chi connectivity index (χ3n) is 3.84. The minimum absolute atomic E-state index is 0.0431. The lowest BCUT2D eigenvalue weighted by molar-refractivity contribution is -0.383. The summed E-state index contributed by atoms with van der Waals surface area (Å²) in [4.78, 5) is 39.2. The number of esters is 2. The van der Waals surface area contributed by atoms with E-state index in [4.69, 9.17) is 9.47 Å². The second-order valence-electron chi connectivity index (χ2n) is 5.51. The fourth-order valence-electron chi connectivity index (χ4n) is 2.81. The molecule has 0 aliphatic rings. The molecular weight excluding hydrogens is 340 g/mol. The highest BCUT2D eigenvalue weighted by molar-refractivity contribution is 6.00. The molecule has 0 fully saturated rings. The molecule has 0 aliphatic heterocycles. The van der Waals surface area contributed by atoms with Gasteiger partial charge in [0, 0.05) is 17.9 Å². The van der Waals surface area contributed by atoms with E-state index in [1.54, 1.807) is 26.8 Å². The summed E-state index contributed by atoms with van der Waals surface area (Å²) in [7, 11) is 0. The lowest BCUT2D eigenvalue weighted by Gasteiger charge is -2.14. The number of aromatic nitrogens is 1. The van der Waals surface area contributed by atoms with Crippen LogP contribution in [0.4, 0.5) is 5.69 Å². The standard InChI is InChI=1S/C18H20N2O6/c1-4-25-15(21)10-9-12-13-7-6-8-14(20(23)24)17(13)19-11(3)16(12)18(22)26-5-2/h6-8H,4-5,9-10H2,1-3H3. The number of aryl methyl sites for hydroxylation is 2. The largest absolute Gasteiger partial charge is 0.466 e. The maximum Gasteiger partial charge on any atom is 0.340 e. The van der Waals surface area contributed by atoms with Crippen LogP contribution in [-0.4, -0.2) is 35.1 Å². The third kappa shape index (κ3) is 3.96. The van der Waals surface area contributed by atoms with Crippen molar-refractivity contribution >= 4 is 28.5 Å². The molecule has 0 aliphatic carbocycles. The number of para-hydroxylation sites is 1. The second-order valence-corrected chi connectivity index (χ2v) is 5.51. The predicted octanol–water partition coefficient (Wildman–Crippen LogP) is 3.12. The Morgan fingerprint density at radius 1 is 1.19 bits per heavy atom. The van der Waals surface area contributed by atoms with Gasteiger partial charge in [0.25, 0.3) is 5.69 Å². The number of rotatable bonds is 7. The van der Waals surface area contributed by atoms with Gasteiger partial charge in [-0.1, -0.05) is 12.1 Å². The minimum atomic E-state index is -0.565. The summed E-state index contributed by atoms with van der Waals surface area (Å²) in [6.45, 7) is 5.42. The van der Waals surface area contributed by atoms with E-state index < -0.39 is 16.9 Å². The molecule has 0 saturated heterocycles. The smallest absolute Gasteiger partial charge is 0.340 e. The van der Waals surface area contributed by atoms with Gasteiger partial charge in [0.15, 0.2) is 0 Å². The molecule has 0 saturated carbocycles. The van der Waals surface area contributed by atoms with Crippen molar-refractivity contribution in [2.45, 2.75) is 33.6 Å². The molecule has 8 heteroatoms. The van der Waals surface area contributed by atoms with E-state index in [1.807, 2.05) is 0 Å².